The molecule has 0 N–H and O–H groups in total. The van der Waals surface area contributed by atoms with E-state index in [1.165, 1.54) is 19.5 Å². The van der Waals surface area contributed by atoms with Crippen LogP contribution >= 0.6 is 0 Å². The Bertz CT molecular complexity index is 479. The van der Waals surface area contributed by atoms with E-state index in [9.17, 15) is 4.79 Å². The molecule has 1 fully saturated rings. The van der Waals surface area contributed by atoms with Crippen LogP contribution in [0, 0.1) is 11.8 Å². The number of carbonyl (C=O) groups excluding carboxylic acids is 1. The molecule has 0 radical (unpaired) electrons. The average molecular weight is 305 g/mol. The second-order valence-electron chi connectivity index (χ2n) is 6.40. The number of rotatable bonds is 7. The minimum atomic E-state index is 0.541. The molecule has 1 saturated heterocycles. The summed E-state index contributed by atoms with van der Waals surface area (Å²) in [7, 11) is 1.59. The smallest absolute Gasteiger partial charge is 0.171 e. The highest BCUT2D eigenvalue weighted by molar-refractivity contribution is 5.81. The van der Waals surface area contributed by atoms with Crippen LogP contribution in [0.15, 0.2) is 18.2 Å². The minimum absolute atomic E-state index is 0.541. The SMILES string of the molecule is COc1cccc(C=O)c1OCCCN1C[C@H](C)C[C@@H](C)C1. The molecule has 0 aliphatic carbocycles. The van der Waals surface area contributed by atoms with Crippen LogP contribution in [0.4, 0.5) is 0 Å². The summed E-state index contributed by atoms with van der Waals surface area (Å²) in [5.41, 5.74) is 0.541. The zero-order valence-corrected chi connectivity index (χ0v) is 13.9. The number of para-hydroxylation sites is 1. The standard InChI is InChI=1S/C18H27NO3/c1-14-10-15(2)12-19(11-14)8-5-9-22-18-16(13-20)6-4-7-17(18)21-3/h4,6-7,13-15H,5,8-12H2,1-3H3/t14-,15-/m1/s1. The molecule has 2 rings (SSSR count). The van der Waals surface area contributed by atoms with Crippen molar-refractivity contribution < 1.29 is 14.3 Å². The minimum Gasteiger partial charge on any atom is -0.493 e. The molecule has 0 amide bonds. The van der Waals surface area contributed by atoms with Crippen LogP contribution in [0.1, 0.15) is 37.0 Å². The number of methoxy groups -OCH3 is 1. The number of hydrogen-bond donors (Lipinski definition) is 0. The lowest BCUT2D eigenvalue weighted by Gasteiger charge is -2.34. The summed E-state index contributed by atoms with van der Waals surface area (Å²) in [4.78, 5) is 13.6. The molecule has 122 valence electrons. The first-order valence-electron chi connectivity index (χ1n) is 8.11. The normalized spacial score (nSPS) is 22.3. The van der Waals surface area contributed by atoms with Crippen molar-refractivity contribution in [3.63, 3.8) is 0 Å². The molecular formula is C18H27NO3. The summed E-state index contributed by atoms with van der Waals surface area (Å²) in [5, 5.41) is 0. The van der Waals surface area contributed by atoms with Gasteiger partial charge in [-0.1, -0.05) is 19.9 Å². The van der Waals surface area contributed by atoms with Crippen molar-refractivity contribution in [2.45, 2.75) is 26.7 Å². The highest BCUT2D eigenvalue weighted by Crippen LogP contribution is 2.30. The summed E-state index contributed by atoms with van der Waals surface area (Å²) in [6, 6.07) is 5.36. The Morgan fingerprint density at radius 2 is 2.00 bits per heavy atom. The van der Waals surface area contributed by atoms with Gasteiger partial charge in [-0.05, 0) is 36.8 Å². The molecule has 1 aliphatic rings. The van der Waals surface area contributed by atoms with E-state index in [0.717, 1.165) is 31.1 Å². The number of ether oxygens (including phenoxy) is 2. The van der Waals surface area contributed by atoms with E-state index >= 15 is 0 Å². The second kappa shape index (κ2) is 8.18. The van der Waals surface area contributed by atoms with Crippen molar-refractivity contribution in [1.82, 2.24) is 4.90 Å². The first-order chi connectivity index (χ1) is 10.6. The van der Waals surface area contributed by atoms with Crippen molar-refractivity contribution in [2.24, 2.45) is 11.8 Å². The molecule has 1 aromatic carbocycles. The van der Waals surface area contributed by atoms with Crippen LogP contribution < -0.4 is 9.47 Å². The number of nitrogens with zero attached hydrogens (tertiary/aromatic N) is 1. The second-order valence-corrected chi connectivity index (χ2v) is 6.40. The van der Waals surface area contributed by atoms with Gasteiger partial charge in [-0.15, -0.1) is 0 Å². The van der Waals surface area contributed by atoms with E-state index < -0.39 is 0 Å². The maximum absolute atomic E-state index is 11.1. The van der Waals surface area contributed by atoms with E-state index in [2.05, 4.69) is 18.7 Å². The predicted molar refractivity (Wildman–Crippen MR) is 87.9 cm³/mol. The van der Waals surface area contributed by atoms with Crippen LogP contribution in [0.25, 0.3) is 0 Å². The molecule has 4 heteroatoms. The summed E-state index contributed by atoms with van der Waals surface area (Å²) in [6.07, 6.45) is 3.10. The maximum Gasteiger partial charge on any atom is 0.171 e. The third kappa shape index (κ3) is 4.47. The molecule has 22 heavy (non-hydrogen) atoms. The van der Waals surface area contributed by atoms with E-state index in [1.807, 2.05) is 6.07 Å². The molecule has 1 aliphatic heterocycles. The molecule has 0 bridgehead atoms. The van der Waals surface area contributed by atoms with Crippen molar-refractivity contribution in [3.8, 4) is 11.5 Å². The quantitative estimate of drug-likeness (QED) is 0.572. The zero-order valence-electron chi connectivity index (χ0n) is 13.9. The Morgan fingerprint density at radius 1 is 1.27 bits per heavy atom. The fourth-order valence-corrected chi connectivity index (χ4v) is 3.38. The molecule has 1 heterocycles. The van der Waals surface area contributed by atoms with Crippen molar-refractivity contribution >= 4 is 6.29 Å². The van der Waals surface area contributed by atoms with Gasteiger partial charge in [0, 0.05) is 19.6 Å². The van der Waals surface area contributed by atoms with Gasteiger partial charge in [-0.3, -0.25) is 4.79 Å². The highest BCUT2D eigenvalue weighted by atomic mass is 16.5. The third-order valence-electron chi connectivity index (χ3n) is 4.17. The predicted octanol–water partition coefficient (Wildman–Crippen LogP) is 3.25. The topological polar surface area (TPSA) is 38.8 Å². The number of likely N-dealkylation sites (tertiary alicyclic amines) is 1. The Labute approximate surface area is 133 Å². The average Bonchev–Trinajstić information content (AvgIpc) is 2.50. The third-order valence-corrected chi connectivity index (χ3v) is 4.17. The van der Waals surface area contributed by atoms with Crippen LogP contribution in [0.5, 0.6) is 11.5 Å². The molecular weight excluding hydrogens is 278 g/mol. The first-order valence-corrected chi connectivity index (χ1v) is 8.11. The van der Waals surface area contributed by atoms with Gasteiger partial charge in [0.15, 0.2) is 17.8 Å². The lowest BCUT2D eigenvalue weighted by Crippen LogP contribution is -2.39. The number of aldehydes is 1. The Balaban J connectivity index is 1.83. The highest BCUT2D eigenvalue weighted by Gasteiger charge is 2.21. The van der Waals surface area contributed by atoms with Crippen LogP contribution in [0.2, 0.25) is 0 Å². The molecule has 1 aromatic rings. The molecule has 4 nitrogen and oxygen atoms in total. The van der Waals surface area contributed by atoms with E-state index in [1.54, 1.807) is 19.2 Å². The summed E-state index contributed by atoms with van der Waals surface area (Å²) in [6.45, 7) is 8.65. The fraction of sp³-hybridized carbons (Fsp3) is 0.611. The lowest BCUT2D eigenvalue weighted by atomic mass is 9.92. The Kier molecular flexibility index (Phi) is 6.25. The van der Waals surface area contributed by atoms with Crippen LogP contribution in [0.3, 0.4) is 0 Å². The first kappa shape index (κ1) is 16.8. The lowest BCUT2D eigenvalue weighted by molar-refractivity contribution is 0.111. The Morgan fingerprint density at radius 3 is 2.64 bits per heavy atom. The molecule has 0 spiro atoms. The summed E-state index contributed by atoms with van der Waals surface area (Å²) < 4.78 is 11.1. The van der Waals surface area contributed by atoms with Crippen molar-refractivity contribution in [3.05, 3.63) is 23.8 Å². The van der Waals surface area contributed by atoms with Gasteiger partial charge in [0.25, 0.3) is 0 Å². The number of piperidine rings is 1. The van der Waals surface area contributed by atoms with E-state index in [0.29, 0.717) is 23.7 Å². The van der Waals surface area contributed by atoms with Crippen molar-refractivity contribution in [1.29, 1.82) is 0 Å². The molecule has 0 saturated carbocycles. The van der Waals surface area contributed by atoms with Gasteiger partial charge in [0.2, 0.25) is 0 Å². The van der Waals surface area contributed by atoms with E-state index in [-0.39, 0.29) is 0 Å². The van der Waals surface area contributed by atoms with Gasteiger partial charge >= 0.3 is 0 Å². The van der Waals surface area contributed by atoms with Crippen LogP contribution in [-0.2, 0) is 0 Å². The zero-order chi connectivity index (χ0) is 15.9. The number of carbonyl (C=O) groups is 1. The monoisotopic (exact) mass is 305 g/mol. The van der Waals surface area contributed by atoms with Gasteiger partial charge in [0.05, 0.1) is 19.3 Å². The summed E-state index contributed by atoms with van der Waals surface area (Å²) in [5.74, 6) is 2.73. The number of hydrogen-bond acceptors (Lipinski definition) is 4. The largest absolute Gasteiger partial charge is 0.493 e. The number of benzene rings is 1. The molecule has 0 unspecified atom stereocenters. The molecule has 2 atom stereocenters. The molecule has 0 aromatic heterocycles. The van der Waals surface area contributed by atoms with Crippen molar-refractivity contribution in [2.75, 3.05) is 33.4 Å². The maximum atomic E-state index is 11.1. The van der Waals surface area contributed by atoms with Crippen LogP contribution in [-0.4, -0.2) is 44.5 Å². The van der Waals surface area contributed by atoms with Gasteiger partial charge in [0.1, 0.15) is 0 Å². The van der Waals surface area contributed by atoms with Gasteiger partial charge in [-0.2, -0.15) is 0 Å². The summed E-state index contributed by atoms with van der Waals surface area (Å²) >= 11 is 0. The fourth-order valence-electron chi connectivity index (χ4n) is 3.38. The Hall–Kier alpha value is -1.55. The van der Waals surface area contributed by atoms with Gasteiger partial charge in [-0.25, -0.2) is 0 Å². The van der Waals surface area contributed by atoms with E-state index in [4.69, 9.17) is 9.47 Å². The van der Waals surface area contributed by atoms with Gasteiger partial charge < -0.3 is 14.4 Å².